The van der Waals surface area contributed by atoms with Crippen molar-refractivity contribution in [1.29, 1.82) is 0 Å². The van der Waals surface area contributed by atoms with E-state index in [4.69, 9.17) is 0 Å². The standard InChI is InChI=1S/C18H12F4N2O2S/c19-12-5-7-13(8-6-12)23-15(25)14-9-27-16(24(14)17(23)26)10-1-3-11(4-2-10)18(20,21)22/h1-8,14,16H,9H2/t14-,16+/m1/s1. The number of carbonyl (C=O) groups excluding carboxylic acids is 2. The lowest BCUT2D eigenvalue weighted by atomic mass is 10.1. The summed E-state index contributed by atoms with van der Waals surface area (Å²) in [7, 11) is 0. The molecule has 4 rings (SSSR count). The van der Waals surface area contributed by atoms with Crippen molar-refractivity contribution in [2.75, 3.05) is 10.7 Å². The molecule has 0 aliphatic carbocycles. The van der Waals surface area contributed by atoms with Crippen molar-refractivity contribution in [3.05, 3.63) is 65.5 Å². The second kappa shape index (κ2) is 6.26. The van der Waals surface area contributed by atoms with Gasteiger partial charge in [0.1, 0.15) is 17.2 Å². The Balaban J connectivity index is 1.63. The van der Waals surface area contributed by atoms with Crippen LogP contribution in [0.4, 0.5) is 28.0 Å². The summed E-state index contributed by atoms with van der Waals surface area (Å²) >= 11 is 1.32. The molecule has 0 saturated carbocycles. The molecule has 4 nitrogen and oxygen atoms in total. The van der Waals surface area contributed by atoms with Gasteiger partial charge < -0.3 is 0 Å². The first-order chi connectivity index (χ1) is 12.8. The fourth-order valence-electron chi connectivity index (χ4n) is 3.21. The number of urea groups is 1. The van der Waals surface area contributed by atoms with Crippen LogP contribution in [0, 0.1) is 5.82 Å². The molecule has 140 valence electrons. The van der Waals surface area contributed by atoms with Gasteiger partial charge in [-0.05, 0) is 42.0 Å². The van der Waals surface area contributed by atoms with Crippen LogP contribution in [0.5, 0.6) is 0 Å². The van der Waals surface area contributed by atoms with Gasteiger partial charge in [0.15, 0.2) is 0 Å². The first-order valence-electron chi connectivity index (χ1n) is 7.98. The molecule has 2 aliphatic heterocycles. The van der Waals surface area contributed by atoms with E-state index in [-0.39, 0.29) is 5.69 Å². The van der Waals surface area contributed by atoms with Crippen LogP contribution in [0.15, 0.2) is 48.5 Å². The molecule has 0 aromatic heterocycles. The van der Waals surface area contributed by atoms with Gasteiger partial charge in [0, 0.05) is 5.75 Å². The smallest absolute Gasteiger partial charge is 0.295 e. The molecule has 2 aromatic carbocycles. The topological polar surface area (TPSA) is 40.6 Å². The van der Waals surface area contributed by atoms with Crippen molar-refractivity contribution in [3.63, 3.8) is 0 Å². The Labute approximate surface area is 155 Å². The number of hydrogen-bond acceptors (Lipinski definition) is 3. The van der Waals surface area contributed by atoms with Gasteiger partial charge in [-0.1, -0.05) is 12.1 Å². The number of rotatable bonds is 2. The highest BCUT2D eigenvalue weighted by Crippen LogP contribution is 2.46. The second-order valence-electron chi connectivity index (χ2n) is 6.16. The highest BCUT2D eigenvalue weighted by Gasteiger charge is 2.53. The average molecular weight is 396 g/mol. The van der Waals surface area contributed by atoms with E-state index in [1.807, 2.05) is 0 Å². The Morgan fingerprint density at radius 2 is 1.59 bits per heavy atom. The molecule has 2 atom stereocenters. The molecule has 2 aromatic rings. The number of carbonyl (C=O) groups is 2. The minimum atomic E-state index is -4.44. The van der Waals surface area contributed by atoms with Gasteiger partial charge in [0.05, 0.1) is 11.3 Å². The molecular weight excluding hydrogens is 384 g/mol. The summed E-state index contributed by atoms with van der Waals surface area (Å²) in [5.74, 6) is -0.571. The lowest BCUT2D eigenvalue weighted by molar-refractivity contribution is -0.137. The predicted octanol–water partition coefficient (Wildman–Crippen LogP) is 4.43. The van der Waals surface area contributed by atoms with Crippen molar-refractivity contribution < 1.29 is 27.2 Å². The average Bonchev–Trinajstić information content (AvgIpc) is 3.16. The van der Waals surface area contributed by atoms with Gasteiger partial charge in [-0.25, -0.2) is 14.1 Å². The van der Waals surface area contributed by atoms with Crippen LogP contribution in [0.2, 0.25) is 0 Å². The van der Waals surface area contributed by atoms with Crippen molar-refractivity contribution in [3.8, 4) is 0 Å². The SMILES string of the molecule is O=C1[C@H]2CS[C@@H](c3ccc(C(F)(F)F)cc3)N2C(=O)N1c1ccc(F)cc1. The number of alkyl halides is 3. The van der Waals surface area contributed by atoms with Gasteiger partial charge in [-0.3, -0.25) is 9.69 Å². The third kappa shape index (κ3) is 2.95. The van der Waals surface area contributed by atoms with Crippen molar-refractivity contribution in [2.24, 2.45) is 0 Å². The van der Waals surface area contributed by atoms with Crippen LogP contribution in [0.1, 0.15) is 16.5 Å². The van der Waals surface area contributed by atoms with E-state index in [1.54, 1.807) is 0 Å². The fourth-order valence-corrected chi connectivity index (χ4v) is 4.63. The number of nitrogens with zero attached hydrogens (tertiary/aromatic N) is 2. The number of imide groups is 1. The highest BCUT2D eigenvalue weighted by atomic mass is 32.2. The molecule has 0 spiro atoms. The summed E-state index contributed by atoms with van der Waals surface area (Å²) in [4.78, 5) is 27.9. The first kappa shape index (κ1) is 17.8. The van der Waals surface area contributed by atoms with Crippen molar-refractivity contribution in [1.82, 2.24) is 4.90 Å². The Hall–Kier alpha value is -2.55. The normalized spacial score (nSPS) is 22.5. The Morgan fingerprint density at radius 1 is 0.963 bits per heavy atom. The van der Waals surface area contributed by atoms with Crippen molar-refractivity contribution in [2.45, 2.75) is 17.6 Å². The van der Waals surface area contributed by atoms with E-state index in [9.17, 15) is 27.2 Å². The summed E-state index contributed by atoms with van der Waals surface area (Å²) in [6.07, 6.45) is -4.44. The van der Waals surface area contributed by atoms with E-state index in [0.29, 0.717) is 11.3 Å². The second-order valence-corrected chi connectivity index (χ2v) is 7.27. The van der Waals surface area contributed by atoms with Gasteiger partial charge in [-0.2, -0.15) is 13.2 Å². The van der Waals surface area contributed by atoms with Crippen LogP contribution in [-0.2, 0) is 11.0 Å². The predicted molar refractivity (Wildman–Crippen MR) is 91.6 cm³/mol. The zero-order valence-corrected chi connectivity index (χ0v) is 14.4. The molecule has 0 unspecified atom stereocenters. The van der Waals surface area contributed by atoms with E-state index in [2.05, 4.69) is 0 Å². The maximum absolute atomic E-state index is 13.1. The molecule has 0 bridgehead atoms. The number of thioether (sulfide) groups is 1. The molecule has 0 N–H and O–H groups in total. The largest absolute Gasteiger partial charge is 0.416 e. The third-order valence-electron chi connectivity index (χ3n) is 4.53. The lowest BCUT2D eigenvalue weighted by Gasteiger charge is -2.23. The van der Waals surface area contributed by atoms with Crippen LogP contribution in [-0.4, -0.2) is 28.6 Å². The summed E-state index contributed by atoms with van der Waals surface area (Å²) in [6, 6.07) is 8.30. The van der Waals surface area contributed by atoms with Gasteiger partial charge in [0.2, 0.25) is 0 Å². The third-order valence-corrected chi connectivity index (χ3v) is 5.85. The van der Waals surface area contributed by atoms with Crippen molar-refractivity contribution >= 4 is 29.4 Å². The van der Waals surface area contributed by atoms with Crippen LogP contribution in [0.25, 0.3) is 0 Å². The molecule has 27 heavy (non-hydrogen) atoms. The molecule has 9 heteroatoms. The minimum absolute atomic E-state index is 0.261. The number of halogens is 4. The Kier molecular flexibility index (Phi) is 4.14. The summed E-state index contributed by atoms with van der Waals surface area (Å²) in [5, 5.41) is -0.556. The molecular formula is C18H12F4N2O2S. The summed E-state index contributed by atoms with van der Waals surface area (Å²) in [6.45, 7) is 0. The van der Waals surface area contributed by atoms with E-state index in [1.165, 1.54) is 40.9 Å². The summed E-state index contributed by atoms with van der Waals surface area (Å²) < 4.78 is 51.4. The number of anilines is 1. The van der Waals surface area contributed by atoms with Crippen LogP contribution >= 0.6 is 11.8 Å². The van der Waals surface area contributed by atoms with E-state index in [0.717, 1.165) is 29.2 Å². The van der Waals surface area contributed by atoms with Gasteiger partial charge in [-0.15, -0.1) is 11.8 Å². The highest BCUT2D eigenvalue weighted by molar-refractivity contribution is 7.99. The summed E-state index contributed by atoms with van der Waals surface area (Å²) in [5.41, 5.74) is -0.00265. The zero-order chi connectivity index (χ0) is 19.3. The maximum Gasteiger partial charge on any atom is 0.416 e. The van der Waals surface area contributed by atoms with E-state index < -0.39 is 40.9 Å². The van der Waals surface area contributed by atoms with Crippen LogP contribution < -0.4 is 4.90 Å². The van der Waals surface area contributed by atoms with E-state index >= 15 is 0 Å². The number of hydrogen-bond donors (Lipinski definition) is 0. The Bertz CT molecular complexity index is 899. The van der Waals surface area contributed by atoms with Crippen LogP contribution in [0.3, 0.4) is 0 Å². The fraction of sp³-hybridized carbons (Fsp3) is 0.222. The molecule has 2 aliphatic rings. The first-order valence-corrected chi connectivity index (χ1v) is 9.03. The number of fused-ring (bicyclic) bond motifs is 1. The number of amides is 3. The van der Waals surface area contributed by atoms with Gasteiger partial charge in [0.25, 0.3) is 5.91 Å². The van der Waals surface area contributed by atoms with Gasteiger partial charge >= 0.3 is 12.2 Å². The molecule has 0 radical (unpaired) electrons. The molecule has 3 amide bonds. The lowest BCUT2D eigenvalue weighted by Crippen LogP contribution is -2.33. The molecule has 2 heterocycles. The Morgan fingerprint density at radius 3 is 2.19 bits per heavy atom. The molecule has 2 saturated heterocycles. The molecule has 2 fully saturated rings. The maximum atomic E-state index is 13.1. The quantitative estimate of drug-likeness (QED) is 0.557. The monoisotopic (exact) mass is 396 g/mol. The zero-order valence-electron chi connectivity index (χ0n) is 13.6. The minimum Gasteiger partial charge on any atom is -0.295 e. The number of benzene rings is 2.